The molecule has 0 aliphatic rings. The van der Waals surface area contributed by atoms with Crippen LogP contribution < -0.4 is 0 Å². The molecule has 0 aliphatic heterocycles. The van der Waals surface area contributed by atoms with E-state index in [1.165, 1.54) is 16.9 Å². The molecule has 0 unspecified atom stereocenters. The second-order valence-electron chi connectivity index (χ2n) is 3.95. The third-order valence-electron chi connectivity index (χ3n) is 2.77. The lowest BCUT2D eigenvalue weighted by Gasteiger charge is -1.97. The largest absolute Gasteiger partial charge is 0.478 e. The van der Waals surface area contributed by atoms with Gasteiger partial charge in [-0.05, 0) is 24.3 Å². The van der Waals surface area contributed by atoms with Gasteiger partial charge in [-0.15, -0.1) is 0 Å². The molecule has 1 N–H and O–H groups in total. The van der Waals surface area contributed by atoms with Crippen molar-refractivity contribution < 1.29 is 14.3 Å². The van der Waals surface area contributed by atoms with E-state index in [2.05, 4.69) is 10.1 Å². The molecule has 0 saturated heterocycles. The number of pyridine rings is 1. The van der Waals surface area contributed by atoms with E-state index in [-0.39, 0.29) is 16.5 Å². The van der Waals surface area contributed by atoms with Crippen LogP contribution in [0.1, 0.15) is 10.4 Å². The summed E-state index contributed by atoms with van der Waals surface area (Å²) in [4.78, 5) is 15.0. The van der Waals surface area contributed by atoms with Crippen LogP contribution in [-0.4, -0.2) is 25.8 Å². The summed E-state index contributed by atoms with van der Waals surface area (Å²) in [5.74, 6) is -1.67. The Labute approximate surface area is 106 Å². The number of carboxylic acid groups (broad SMARTS) is 1. The molecule has 0 atom stereocenters. The Balaban J connectivity index is 2.29. The summed E-state index contributed by atoms with van der Waals surface area (Å²) in [6, 6.07) is 5.80. The Bertz CT molecular complexity index is 768. The maximum absolute atomic E-state index is 13.7. The van der Waals surface area contributed by atoms with Gasteiger partial charge in [0.2, 0.25) is 0 Å². The van der Waals surface area contributed by atoms with E-state index in [1.54, 1.807) is 24.5 Å². The lowest BCUT2D eigenvalue weighted by atomic mass is 10.1. The molecule has 19 heavy (non-hydrogen) atoms. The van der Waals surface area contributed by atoms with E-state index in [0.29, 0.717) is 5.69 Å². The van der Waals surface area contributed by atoms with E-state index >= 15 is 0 Å². The zero-order chi connectivity index (χ0) is 13.4. The fraction of sp³-hybridized carbons (Fsp3) is 0. The summed E-state index contributed by atoms with van der Waals surface area (Å²) in [5, 5.41) is 13.4. The number of rotatable bonds is 2. The van der Waals surface area contributed by atoms with E-state index in [9.17, 15) is 9.18 Å². The molecule has 3 rings (SSSR count). The Morgan fingerprint density at radius 1 is 1.32 bits per heavy atom. The van der Waals surface area contributed by atoms with Crippen LogP contribution in [0, 0.1) is 5.82 Å². The summed E-state index contributed by atoms with van der Waals surface area (Å²) in [6.45, 7) is 0. The quantitative estimate of drug-likeness (QED) is 0.764. The minimum atomic E-state index is -1.12. The highest BCUT2D eigenvalue weighted by molar-refractivity contribution is 6.02. The molecule has 2 aromatic heterocycles. The van der Waals surface area contributed by atoms with Crippen LogP contribution in [0.5, 0.6) is 0 Å². The monoisotopic (exact) mass is 257 g/mol. The highest BCUT2D eigenvalue weighted by Gasteiger charge is 2.15. The molecule has 0 saturated carbocycles. The molecular formula is C13H8FN3O2. The Hall–Kier alpha value is -2.76. The fourth-order valence-electron chi connectivity index (χ4n) is 1.88. The lowest BCUT2D eigenvalue weighted by molar-refractivity contribution is 0.0699. The smallest absolute Gasteiger partial charge is 0.336 e. The molecular weight excluding hydrogens is 249 g/mol. The van der Waals surface area contributed by atoms with Crippen molar-refractivity contribution in [1.82, 2.24) is 14.8 Å². The first-order chi connectivity index (χ1) is 9.16. The number of hydrogen-bond acceptors (Lipinski definition) is 3. The molecule has 94 valence electrons. The second kappa shape index (κ2) is 4.16. The molecule has 2 heterocycles. The van der Waals surface area contributed by atoms with Crippen molar-refractivity contribution in [3.8, 4) is 5.69 Å². The first-order valence-electron chi connectivity index (χ1n) is 5.48. The number of aromatic carboxylic acids is 1. The topological polar surface area (TPSA) is 68.0 Å². The average molecular weight is 257 g/mol. The van der Waals surface area contributed by atoms with Gasteiger partial charge in [-0.1, -0.05) is 0 Å². The molecule has 6 heteroatoms. The zero-order valence-electron chi connectivity index (χ0n) is 9.62. The van der Waals surface area contributed by atoms with Crippen LogP contribution in [0.2, 0.25) is 0 Å². The van der Waals surface area contributed by atoms with Crippen molar-refractivity contribution in [1.29, 1.82) is 0 Å². The zero-order valence-corrected chi connectivity index (χ0v) is 9.62. The minimum absolute atomic E-state index is 0.0199. The lowest BCUT2D eigenvalue weighted by Crippen LogP contribution is -1.97. The third kappa shape index (κ3) is 1.83. The number of carboxylic acids is 1. The van der Waals surface area contributed by atoms with Gasteiger partial charge in [0.15, 0.2) is 5.82 Å². The number of aromatic nitrogens is 3. The molecule has 0 amide bonds. The second-order valence-corrected chi connectivity index (χ2v) is 3.95. The molecule has 3 aromatic rings. The summed E-state index contributed by atoms with van der Waals surface area (Å²) in [5.41, 5.74) is 0.685. The van der Waals surface area contributed by atoms with Crippen molar-refractivity contribution in [3.05, 3.63) is 54.2 Å². The predicted octanol–water partition coefficient (Wildman–Crippen LogP) is 2.26. The van der Waals surface area contributed by atoms with E-state index in [4.69, 9.17) is 5.11 Å². The Kier molecular flexibility index (Phi) is 2.49. The van der Waals surface area contributed by atoms with Crippen LogP contribution in [0.15, 0.2) is 42.9 Å². The first kappa shape index (κ1) is 11.3. The first-order valence-corrected chi connectivity index (χ1v) is 5.48. The summed E-state index contributed by atoms with van der Waals surface area (Å²) >= 11 is 0. The van der Waals surface area contributed by atoms with Crippen molar-refractivity contribution in [2.75, 3.05) is 0 Å². The number of carbonyl (C=O) groups is 1. The standard InChI is InChI=1S/C13H8FN3O2/c14-11-4-3-9(13(18)19)10-7-17(16-12(10)11)8-2-1-5-15-6-8/h1-7H,(H,18,19). The molecule has 0 aliphatic carbocycles. The molecule has 0 spiro atoms. The molecule has 0 fully saturated rings. The van der Waals surface area contributed by atoms with E-state index < -0.39 is 11.8 Å². The van der Waals surface area contributed by atoms with Gasteiger partial charge in [-0.3, -0.25) is 4.98 Å². The molecule has 5 nitrogen and oxygen atoms in total. The highest BCUT2D eigenvalue weighted by Crippen LogP contribution is 2.22. The van der Waals surface area contributed by atoms with Crippen LogP contribution in [0.3, 0.4) is 0 Å². The van der Waals surface area contributed by atoms with Crippen molar-refractivity contribution in [3.63, 3.8) is 0 Å². The number of halogens is 1. The number of benzene rings is 1. The van der Waals surface area contributed by atoms with Gasteiger partial charge >= 0.3 is 5.97 Å². The van der Waals surface area contributed by atoms with Gasteiger partial charge in [0.05, 0.1) is 17.4 Å². The maximum Gasteiger partial charge on any atom is 0.336 e. The predicted molar refractivity (Wildman–Crippen MR) is 65.8 cm³/mol. The summed E-state index contributed by atoms with van der Waals surface area (Å²) < 4.78 is 15.1. The van der Waals surface area contributed by atoms with Gasteiger partial charge < -0.3 is 5.11 Å². The number of fused-ring (bicyclic) bond motifs is 1. The third-order valence-corrected chi connectivity index (χ3v) is 2.77. The summed E-state index contributed by atoms with van der Waals surface area (Å²) in [6.07, 6.45) is 4.65. The SMILES string of the molecule is O=C(O)c1ccc(F)c2nn(-c3cccnc3)cc12. The number of hydrogen-bond donors (Lipinski definition) is 1. The van der Waals surface area contributed by atoms with E-state index in [0.717, 1.165) is 6.07 Å². The van der Waals surface area contributed by atoms with Crippen LogP contribution in [-0.2, 0) is 0 Å². The van der Waals surface area contributed by atoms with Crippen LogP contribution in [0.25, 0.3) is 16.6 Å². The Morgan fingerprint density at radius 2 is 2.16 bits per heavy atom. The highest BCUT2D eigenvalue weighted by atomic mass is 19.1. The Morgan fingerprint density at radius 3 is 2.84 bits per heavy atom. The van der Waals surface area contributed by atoms with Gasteiger partial charge in [0.1, 0.15) is 5.52 Å². The normalized spacial score (nSPS) is 10.8. The van der Waals surface area contributed by atoms with Crippen LogP contribution in [0.4, 0.5) is 4.39 Å². The molecule has 0 bridgehead atoms. The average Bonchev–Trinajstić information content (AvgIpc) is 2.85. The van der Waals surface area contributed by atoms with Crippen molar-refractivity contribution in [2.45, 2.75) is 0 Å². The van der Waals surface area contributed by atoms with Crippen molar-refractivity contribution in [2.24, 2.45) is 0 Å². The van der Waals surface area contributed by atoms with Gasteiger partial charge in [0, 0.05) is 17.8 Å². The van der Waals surface area contributed by atoms with Gasteiger partial charge in [0.25, 0.3) is 0 Å². The molecule has 1 aromatic carbocycles. The summed E-state index contributed by atoms with van der Waals surface area (Å²) in [7, 11) is 0. The maximum atomic E-state index is 13.7. The van der Waals surface area contributed by atoms with Gasteiger partial charge in [-0.2, -0.15) is 5.10 Å². The number of nitrogens with zero attached hydrogens (tertiary/aromatic N) is 3. The fourth-order valence-corrected chi connectivity index (χ4v) is 1.88. The molecule has 0 radical (unpaired) electrons. The van der Waals surface area contributed by atoms with E-state index in [1.807, 2.05) is 0 Å². The van der Waals surface area contributed by atoms with Crippen molar-refractivity contribution >= 4 is 16.9 Å². The van der Waals surface area contributed by atoms with Crippen LogP contribution >= 0.6 is 0 Å². The minimum Gasteiger partial charge on any atom is -0.478 e. The van der Waals surface area contributed by atoms with Gasteiger partial charge in [-0.25, -0.2) is 13.9 Å².